The summed E-state index contributed by atoms with van der Waals surface area (Å²) in [7, 11) is 0. The number of nitrogens with zero attached hydrogens (tertiary/aromatic N) is 1. The first-order valence-electron chi connectivity index (χ1n) is 22.8. The van der Waals surface area contributed by atoms with E-state index in [9.17, 15) is 19.2 Å². The third kappa shape index (κ3) is 33.1. The molecule has 0 aliphatic carbocycles. The van der Waals surface area contributed by atoms with Crippen molar-refractivity contribution < 1.29 is 52.3 Å². The number of rotatable bonds is 35. The Hall–Kier alpha value is -3.40. The maximum atomic E-state index is 12.9. The van der Waals surface area contributed by atoms with Crippen LogP contribution in [0.15, 0.2) is 24.3 Å². The summed E-state index contributed by atoms with van der Waals surface area (Å²) in [4.78, 5) is 52.5. The summed E-state index contributed by atoms with van der Waals surface area (Å²) in [6, 6.07) is 0. The van der Waals surface area contributed by atoms with Gasteiger partial charge < -0.3 is 38.1 Å². The molecule has 0 aromatic heterocycles. The van der Waals surface area contributed by atoms with E-state index in [0.717, 1.165) is 103 Å². The SMILES string of the molecule is CC/C=C\CCCCOC(CCC(=O)OCC(COC(=O)CCCCC(=O)OCCC#CCCCC)COC(=O)OCC1CCCN(CC)C1)OCCCC/C=C\CC. The molecule has 0 amide bonds. The molecule has 12 heteroatoms. The molecular formula is C47H79NO11. The number of likely N-dealkylation sites (tertiary alicyclic amines) is 1. The minimum atomic E-state index is -0.809. The van der Waals surface area contributed by atoms with Crippen LogP contribution in [-0.4, -0.2) is 101 Å². The summed E-state index contributed by atoms with van der Waals surface area (Å²) in [5, 5.41) is 0. The fraction of sp³-hybridized carbons (Fsp3) is 0.787. The number of unbranched alkanes of at least 4 members (excludes halogenated alkanes) is 7. The molecule has 1 heterocycles. The summed E-state index contributed by atoms with van der Waals surface area (Å²) in [5.41, 5.74) is 0. The Kier molecular flexibility index (Phi) is 35.2. The highest BCUT2D eigenvalue weighted by molar-refractivity contribution is 5.71. The molecule has 1 fully saturated rings. The lowest BCUT2D eigenvalue weighted by atomic mass is 9.99. The van der Waals surface area contributed by atoms with Crippen molar-refractivity contribution in [1.82, 2.24) is 4.90 Å². The van der Waals surface area contributed by atoms with Crippen LogP contribution in [0.3, 0.4) is 0 Å². The van der Waals surface area contributed by atoms with Gasteiger partial charge in [-0.2, -0.15) is 0 Å². The van der Waals surface area contributed by atoms with Crippen LogP contribution in [0.2, 0.25) is 0 Å². The van der Waals surface area contributed by atoms with E-state index in [-0.39, 0.29) is 64.2 Å². The van der Waals surface area contributed by atoms with Gasteiger partial charge in [-0.05, 0) is 96.6 Å². The van der Waals surface area contributed by atoms with Crippen molar-refractivity contribution in [3.05, 3.63) is 24.3 Å². The highest BCUT2D eigenvalue weighted by Gasteiger charge is 2.23. The van der Waals surface area contributed by atoms with Crippen molar-refractivity contribution in [2.24, 2.45) is 11.8 Å². The second-order valence-electron chi connectivity index (χ2n) is 15.1. The van der Waals surface area contributed by atoms with Gasteiger partial charge in [-0.15, -0.1) is 5.92 Å². The van der Waals surface area contributed by atoms with Gasteiger partial charge in [0, 0.05) is 57.8 Å². The van der Waals surface area contributed by atoms with E-state index >= 15 is 0 Å². The van der Waals surface area contributed by atoms with Gasteiger partial charge in [-0.3, -0.25) is 14.4 Å². The fourth-order valence-electron chi connectivity index (χ4n) is 6.14. The molecule has 0 radical (unpaired) electrons. The Balaban J connectivity index is 2.63. The standard InChI is InChI=1S/C47H79NO11/c1-5-9-12-15-18-23-33-53-43(49)28-21-22-29-44(50)56-38-42(40-59-47(52)58-37-41-27-26-32-48(8-4)36-41)39-57-45(51)30-31-46(54-34-24-19-16-13-10-6-2)55-35-25-20-17-14-11-7-3/h10-11,13-14,41-42,46H,5-9,12,16-17,19-40H2,1-4H3/b13-10-,14-11-. The lowest BCUT2D eigenvalue weighted by Gasteiger charge is -2.31. The Labute approximate surface area is 356 Å². The molecule has 1 saturated heterocycles. The van der Waals surface area contributed by atoms with Crippen LogP contribution in [-0.2, 0) is 47.5 Å². The fourth-order valence-corrected chi connectivity index (χ4v) is 6.14. The number of esters is 3. The van der Waals surface area contributed by atoms with E-state index in [1.165, 1.54) is 0 Å². The van der Waals surface area contributed by atoms with E-state index in [2.05, 4.69) is 68.7 Å². The lowest BCUT2D eigenvalue weighted by molar-refractivity contribution is -0.161. The zero-order valence-corrected chi connectivity index (χ0v) is 37.2. The van der Waals surface area contributed by atoms with Crippen LogP contribution in [0.25, 0.3) is 0 Å². The highest BCUT2D eigenvalue weighted by atomic mass is 16.7. The molecule has 1 aliphatic heterocycles. The van der Waals surface area contributed by atoms with Gasteiger partial charge in [0.05, 0.1) is 18.9 Å². The van der Waals surface area contributed by atoms with Crippen LogP contribution in [0.5, 0.6) is 0 Å². The molecule has 12 nitrogen and oxygen atoms in total. The largest absolute Gasteiger partial charge is 0.508 e. The number of hydrogen-bond acceptors (Lipinski definition) is 12. The van der Waals surface area contributed by atoms with Gasteiger partial charge in [0.15, 0.2) is 6.29 Å². The highest BCUT2D eigenvalue weighted by Crippen LogP contribution is 2.17. The molecule has 0 saturated carbocycles. The zero-order valence-electron chi connectivity index (χ0n) is 37.2. The van der Waals surface area contributed by atoms with Crippen molar-refractivity contribution in [3.8, 4) is 11.8 Å². The molecule has 338 valence electrons. The first-order chi connectivity index (χ1) is 28.8. The van der Waals surface area contributed by atoms with Gasteiger partial charge in [-0.25, -0.2) is 4.79 Å². The Morgan fingerprint density at radius 3 is 1.85 bits per heavy atom. The van der Waals surface area contributed by atoms with Crippen molar-refractivity contribution >= 4 is 24.1 Å². The molecule has 0 spiro atoms. The van der Waals surface area contributed by atoms with Crippen molar-refractivity contribution in [1.29, 1.82) is 0 Å². The first-order valence-corrected chi connectivity index (χ1v) is 22.8. The Morgan fingerprint density at radius 1 is 0.644 bits per heavy atom. The van der Waals surface area contributed by atoms with Gasteiger partial charge in [0.2, 0.25) is 0 Å². The topological polar surface area (TPSA) is 136 Å². The van der Waals surface area contributed by atoms with Crippen molar-refractivity contribution in [3.63, 3.8) is 0 Å². The van der Waals surface area contributed by atoms with E-state index in [4.69, 9.17) is 33.2 Å². The molecule has 59 heavy (non-hydrogen) atoms. The van der Waals surface area contributed by atoms with Crippen LogP contribution in [0.4, 0.5) is 4.79 Å². The summed E-state index contributed by atoms with van der Waals surface area (Å²) in [6.07, 6.45) is 22.4. The quantitative estimate of drug-likeness (QED) is 0.0150. The second kappa shape index (κ2) is 38.8. The predicted molar refractivity (Wildman–Crippen MR) is 230 cm³/mol. The molecule has 2 atom stereocenters. The van der Waals surface area contributed by atoms with Gasteiger partial charge in [0.25, 0.3) is 0 Å². The van der Waals surface area contributed by atoms with Crippen LogP contribution in [0, 0.1) is 23.7 Å². The summed E-state index contributed by atoms with van der Waals surface area (Å²) < 4.78 is 39.2. The van der Waals surface area contributed by atoms with Gasteiger partial charge >= 0.3 is 24.1 Å². The number of carbonyl (C=O) groups is 4. The number of carbonyl (C=O) groups excluding carboxylic acids is 4. The molecular weight excluding hydrogens is 755 g/mol. The zero-order chi connectivity index (χ0) is 43.0. The number of hydrogen-bond donors (Lipinski definition) is 0. The molecule has 1 rings (SSSR count). The van der Waals surface area contributed by atoms with Crippen molar-refractivity contribution in [2.45, 2.75) is 162 Å². The Morgan fingerprint density at radius 2 is 1.24 bits per heavy atom. The summed E-state index contributed by atoms with van der Waals surface area (Å²) >= 11 is 0. The van der Waals surface area contributed by atoms with Crippen LogP contribution < -0.4 is 0 Å². The normalized spacial score (nSPS) is 14.9. The Bertz CT molecular complexity index is 1190. The second-order valence-corrected chi connectivity index (χ2v) is 15.1. The van der Waals surface area contributed by atoms with Crippen LogP contribution >= 0.6 is 0 Å². The van der Waals surface area contributed by atoms with Crippen molar-refractivity contribution in [2.75, 3.05) is 65.9 Å². The summed E-state index contributed by atoms with van der Waals surface area (Å²) in [6.45, 7) is 12.6. The minimum absolute atomic E-state index is 0.0729. The molecule has 2 unspecified atom stereocenters. The molecule has 0 aromatic carbocycles. The minimum Gasteiger partial charge on any atom is -0.465 e. The predicted octanol–water partition coefficient (Wildman–Crippen LogP) is 9.67. The molecule has 0 bridgehead atoms. The van der Waals surface area contributed by atoms with Gasteiger partial charge in [0.1, 0.15) is 26.4 Å². The molecule has 0 aromatic rings. The lowest BCUT2D eigenvalue weighted by Crippen LogP contribution is -2.37. The number of piperidine rings is 1. The van der Waals surface area contributed by atoms with Gasteiger partial charge in [-0.1, -0.05) is 64.3 Å². The molecule has 0 N–H and O–H groups in total. The summed E-state index contributed by atoms with van der Waals surface area (Å²) in [5.74, 6) is 4.48. The smallest absolute Gasteiger partial charge is 0.465 e. The van der Waals surface area contributed by atoms with E-state index in [1.807, 2.05) is 0 Å². The maximum absolute atomic E-state index is 12.9. The average Bonchev–Trinajstić information content (AvgIpc) is 3.24. The monoisotopic (exact) mass is 834 g/mol. The first kappa shape index (κ1) is 53.6. The van der Waals surface area contributed by atoms with E-state index < -0.39 is 30.3 Å². The third-order valence-electron chi connectivity index (χ3n) is 9.69. The number of ether oxygens (including phenoxy) is 7. The molecule has 1 aliphatic rings. The maximum Gasteiger partial charge on any atom is 0.508 e. The van der Waals surface area contributed by atoms with E-state index in [0.29, 0.717) is 38.9 Å². The number of allylic oxidation sites excluding steroid dienone is 4. The van der Waals surface area contributed by atoms with E-state index in [1.54, 1.807) is 0 Å². The average molecular weight is 834 g/mol. The third-order valence-corrected chi connectivity index (χ3v) is 9.69. The van der Waals surface area contributed by atoms with Crippen LogP contribution in [0.1, 0.15) is 156 Å².